The summed E-state index contributed by atoms with van der Waals surface area (Å²) in [6, 6.07) is 8.20. The first kappa shape index (κ1) is 16.2. The van der Waals surface area contributed by atoms with Crippen molar-refractivity contribution in [1.82, 2.24) is 5.32 Å². The summed E-state index contributed by atoms with van der Waals surface area (Å²) in [5.74, 6) is -0.260. The highest BCUT2D eigenvalue weighted by Crippen LogP contribution is 2.07. The molecule has 0 bridgehead atoms. The molecule has 5 nitrogen and oxygen atoms in total. The van der Waals surface area contributed by atoms with Crippen LogP contribution in [0, 0.1) is 0 Å². The molecule has 0 heterocycles. The summed E-state index contributed by atoms with van der Waals surface area (Å²) in [4.78, 5) is 23.6. The van der Waals surface area contributed by atoms with E-state index in [1.54, 1.807) is 20.8 Å². The van der Waals surface area contributed by atoms with Gasteiger partial charge in [-0.1, -0.05) is 30.3 Å². The summed E-state index contributed by atoms with van der Waals surface area (Å²) in [5, 5.41) is 11.6. The molecule has 0 aliphatic heterocycles. The van der Waals surface area contributed by atoms with E-state index in [1.807, 2.05) is 30.3 Å². The predicted molar refractivity (Wildman–Crippen MR) is 75.4 cm³/mol. The second kappa shape index (κ2) is 7.05. The number of Topliss-reactive ketones (excluding diaryl/α,β-unsaturated/α-hetero) is 1. The molecule has 20 heavy (non-hydrogen) atoms. The summed E-state index contributed by atoms with van der Waals surface area (Å²) in [6.07, 6.45) is -0.556. The molecule has 0 fully saturated rings. The Kier molecular flexibility index (Phi) is 5.70. The molecule has 2 N–H and O–H groups in total. The van der Waals surface area contributed by atoms with Crippen LogP contribution < -0.4 is 5.32 Å². The van der Waals surface area contributed by atoms with Crippen LogP contribution in [0.15, 0.2) is 30.3 Å². The van der Waals surface area contributed by atoms with Crippen LogP contribution in [-0.4, -0.2) is 35.2 Å². The molecule has 1 amide bonds. The lowest BCUT2D eigenvalue weighted by molar-refractivity contribution is -0.121. The summed E-state index contributed by atoms with van der Waals surface area (Å²) < 4.78 is 5.06. The third-order valence-electron chi connectivity index (χ3n) is 2.48. The van der Waals surface area contributed by atoms with Crippen molar-refractivity contribution in [2.75, 3.05) is 6.61 Å². The lowest BCUT2D eigenvalue weighted by atomic mass is 10.0. The minimum atomic E-state index is -0.954. The van der Waals surface area contributed by atoms with E-state index in [2.05, 4.69) is 5.32 Å². The van der Waals surface area contributed by atoms with Crippen molar-refractivity contribution in [3.8, 4) is 0 Å². The lowest BCUT2D eigenvalue weighted by Gasteiger charge is -2.22. The smallest absolute Gasteiger partial charge is 0.408 e. The van der Waals surface area contributed by atoms with Crippen molar-refractivity contribution >= 4 is 11.9 Å². The summed E-state index contributed by atoms with van der Waals surface area (Å²) in [5.41, 5.74) is 0.189. The second-order valence-corrected chi connectivity index (χ2v) is 5.51. The van der Waals surface area contributed by atoms with Gasteiger partial charge in [0.05, 0.1) is 6.61 Å². The fourth-order valence-corrected chi connectivity index (χ4v) is 1.60. The van der Waals surface area contributed by atoms with Gasteiger partial charge in [0.1, 0.15) is 11.6 Å². The summed E-state index contributed by atoms with van der Waals surface area (Å²) in [6.45, 7) is 4.73. The number of hydrogen-bond donors (Lipinski definition) is 2. The maximum Gasteiger partial charge on any atom is 0.408 e. The fourth-order valence-electron chi connectivity index (χ4n) is 1.60. The van der Waals surface area contributed by atoms with E-state index in [1.165, 1.54) is 0 Å². The van der Waals surface area contributed by atoms with E-state index in [0.29, 0.717) is 0 Å². The van der Waals surface area contributed by atoms with E-state index in [0.717, 1.165) is 5.56 Å². The number of amides is 1. The van der Waals surface area contributed by atoms with Crippen LogP contribution in [0.2, 0.25) is 0 Å². The van der Waals surface area contributed by atoms with Gasteiger partial charge in [-0.25, -0.2) is 4.79 Å². The minimum Gasteiger partial charge on any atom is -0.444 e. The number of carbonyl (C=O) groups is 2. The van der Waals surface area contributed by atoms with Crippen molar-refractivity contribution < 1.29 is 19.4 Å². The van der Waals surface area contributed by atoms with Gasteiger partial charge < -0.3 is 15.2 Å². The zero-order valence-electron chi connectivity index (χ0n) is 12.1. The Balaban J connectivity index is 2.57. The van der Waals surface area contributed by atoms with E-state index in [-0.39, 0.29) is 12.2 Å². The van der Waals surface area contributed by atoms with E-state index in [4.69, 9.17) is 4.74 Å². The number of aliphatic hydroxyl groups is 1. The Bertz CT molecular complexity index is 451. The van der Waals surface area contributed by atoms with Crippen molar-refractivity contribution in [2.24, 2.45) is 0 Å². The minimum absolute atomic E-state index is 0.155. The van der Waals surface area contributed by atoms with Crippen LogP contribution in [0.5, 0.6) is 0 Å². The molecule has 110 valence electrons. The Hall–Kier alpha value is -1.88. The number of ether oxygens (including phenoxy) is 1. The average Bonchev–Trinajstić information content (AvgIpc) is 2.35. The number of ketones is 1. The van der Waals surface area contributed by atoms with E-state index in [9.17, 15) is 14.7 Å². The van der Waals surface area contributed by atoms with Crippen molar-refractivity contribution in [3.05, 3.63) is 35.9 Å². The Labute approximate surface area is 118 Å². The molecule has 0 spiro atoms. The van der Waals surface area contributed by atoms with Gasteiger partial charge in [0, 0.05) is 6.42 Å². The predicted octanol–water partition coefficient (Wildman–Crippen LogP) is 1.68. The van der Waals surface area contributed by atoms with Gasteiger partial charge in [-0.3, -0.25) is 4.79 Å². The average molecular weight is 279 g/mol. The van der Waals surface area contributed by atoms with Gasteiger partial charge in [-0.15, -0.1) is 0 Å². The molecule has 0 aromatic heterocycles. The highest BCUT2D eigenvalue weighted by atomic mass is 16.6. The zero-order chi connectivity index (χ0) is 15.2. The molecule has 0 aliphatic carbocycles. The molecular weight excluding hydrogens is 258 g/mol. The number of rotatable bonds is 5. The molecule has 1 aromatic rings. The normalized spacial score (nSPS) is 12.6. The highest BCUT2D eigenvalue weighted by molar-refractivity contribution is 5.89. The number of nitrogens with one attached hydrogen (secondary N) is 1. The first-order valence-corrected chi connectivity index (χ1v) is 6.49. The SMILES string of the molecule is CC(C)(C)OC(=O)N[C@@H](CO)C(=O)Cc1ccccc1. The quantitative estimate of drug-likeness (QED) is 0.860. The number of aliphatic hydroxyl groups excluding tert-OH is 1. The Morgan fingerprint density at radius 2 is 1.85 bits per heavy atom. The van der Waals surface area contributed by atoms with Crippen molar-refractivity contribution in [3.63, 3.8) is 0 Å². The first-order valence-electron chi connectivity index (χ1n) is 6.49. The monoisotopic (exact) mass is 279 g/mol. The molecule has 0 aliphatic rings. The van der Waals surface area contributed by atoms with Gasteiger partial charge in [0.25, 0.3) is 0 Å². The Morgan fingerprint density at radius 3 is 2.35 bits per heavy atom. The van der Waals surface area contributed by atoms with Crippen LogP contribution in [0.1, 0.15) is 26.3 Å². The van der Waals surface area contributed by atoms with E-state index >= 15 is 0 Å². The molecule has 0 unspecified atom stereocenters. The first-order chi connectivity index (χ1) is 9.31. The van der Waals surface area contributed by atoms with Gasteiger partial charge in [0.15, 0.2) is 5.78 Å². The molecule has 1 aromatic carbocycles. The molecular formula is C15H21NO4. The van der Waals surface area contributed by atoms with Gasteiger partial charge in [-0.2, -0.15) is 0 Å². The van der Waals surface area contributed by atoms with Gasteiger partial charge in [0.2, 0.25) is 0 Å². The molecule has 0 saturated heterocycles. The molecule has 1 atom stereocenters. The number of carbonyl (C=O) groups excluding carboxylic acids is 2. The molecule has 1 rings (SSSR count). The highest BCUT2D eigenvalue weighted by Gasteiger charge is 2.23. The third kappa shape index (κ3) is 5.84. The maximum atomic E-state index is 12.0. The molecule has 0 radical (unpaired) electrons. The maximum absolute atomic E-state index is 12.0. The van der Waals surface area contributed by atoms with Crippen LogP contribution in [-0.2, 0) is 16.0 Å². The second-order valence-electron chi connectivity index (χ2n) is 5.51. The fraction of sp³-hybridized carbons (Fsp3) is 0.467. The van der Waals surface area contributed by atoms with E-state index < -0.39 is 24.3 Å². The molecule has 0 saturated carbocycles. The number of benzene rings is 1. The Morgan fingerprint density at radius 1 is 1.25 bits per heavy atom. The standard InChI is InChI=1S/C15H21NO4/c1-15(2,3)20-14(19)16-12(10-17)13(18)9-11-7-5-4-6-8-11/h4-8,12,17H,9-10H2,1-3H3,(H,16,19)/t12-/m0/s1. The largest absolute Gasteiger partial charge is 0.444 e. The van der Waals surface area contributed by atoms with Crippen molar-refractivity contribution in [1.29, 1.82) is 0 Å². The third-order valence-corrected chi connectivity index (χ3v) is 2.48. The topological polar surface area (TPSA) is 75.6 Å². The van der Waals surface area contributed by atoms with Crippen molar-refractivity contribution in [2.45, 2.75) is 38.8 Å². The molecule has 5 heteroatoms. The van der Waals surface area contributed by atoms with Crippen LogP contribution in [0.25, 0.3) is 0 Å². The van der Waals surface area contributed by atoms with Crippen LogP contribution >= 0.6 is 0 Å². The lowest BCUT2D eigenvalue weighted by Crippen LogP contribution is -2.46. The number of hydrogen-bond acceptors (Lipinski definition) is 4. The van der Waals surface area contributed by atoms with Gasteiger partial charge >= 0.3 is 6.09 Å². The zero-order valence-corrected chi connectivity index (χ0v) is 12.1. The summed E-state index contributed by atoms with van der Waals surface area (Å²) in [7, 11) is 0. The number of alkyl carbamates (subject to hydrolysis) is 1. The summed E-state index contributed by atoms with van der Waals surface area (Å²) >= 11 is 0. The van der Waals surface area contributed by atoms with Crippen LogP contribution in [0.4, 0.5) is 4.79 Å². The van der Waals surface area contributed by atoms with Gasteiger partial charge in [-0.05, 0) is 26.3 Å². The van der Waals surface area contributed by atoms with Crippen LogP contribution in [0.3, 0.4) is 0 Å².